The zero-order valence-corrected chi connectivity index (χ0v) is 17.7. The van der Waals surface area contributed by atoms with Gasteiger partial charge >= 0.3 is 59.1 Å². The Hall–Kier alpha value is 0.940. The van der Waals surface area contributed by atoms with Crippen molar-refractivity contribution >= 4 is 11.9 Å². The Kier molecular flexibility index (Phi) is 17.6. The average molecular weight is 302 g/mol. The molecule has 106 valence electrons. The van der Waals surface area contributed by atoms with Gasteiger partial charge in [0.05, 0.1) is 17.4 Å². The van der Waals surface area contributed by atoms with Gasteiger partial charge in [-0.1, -0.05) is 59.3 Å². The predicted molar refractivity (Wildman–Crippen MR) is 65.3 cm³/mol. The molecule has 4 nitrogen and oxygen atoms in total. The van der Waals surface area contributed by atoms with Crippen LogP contribution in [0.1, 0.15) is 65.7 Å². The first kappa shape index (κ1) is 25.9. The van der Waals surface area contributed by atoms with E-state index in [0.29, 0.717) is 6.42 Å². The largest absolute Gasteiger partial charge is 1.00 e. The van der Waals surface area contributed by atoms with Gasteiger partial charge in [0, 0.05) is 0 Å². The number of carboxylic acids is 2. The van der Waals surface area contributed by atoms with Crippen LogP contribution in [0, 0.1) is 11.3 Å². The van der Waals surface area contributed by atoms with Gasteiger partial charge < -0.3 is 19.8 Å². The van der Waals surface area contributed by atoms with E-state index in [1.165, 1.54) is 0 Å². The molecule has 0 N–H and O–H groups in total. The minimum atomic E-state index is -1.84. The molecule has 0 saturated heterocycles. The fraction of sp³-hybridized carbons (Fsp3) is 0.857. The van der Waals surface area contributed by atoms with Gasteiger partial charge in [0.1, 0.15) is 0 Å². The summed E-state index contributed by atoms with van der Waals surface area (Å²) in [4.78, 5) is 22.3. The summed E-state index contributed by atoms with van der Waals surface area (Å²) in [6, 6.07) is 0. The summed E-state index contributed by atoms with van der Waals surface area (Å²) in [5, 5.41) is 22.3. The van der Waals surface area contributed by atoms with E-state index in [2.05, 4.69) is 6.92 Å². The maximum atomic E-state index is 11.1. The van der Waals surface area contributed by atoms with Crippen LogP contribution in [0.3, 0.4) is 0 Å². The van der Waals surface area contributed by atoms with Crippen LogP contribution in [0.4, 0.5) is 0 Å². The van der Waals surface area contributed by atoms with Crippen LogP contribution in [-0.4, -0.2) is 11.9 Å². The number of hydrogen-bond donors (Lipinski definition) is 0. The maximum Gasteiger partial charge on any atom is 1.00 e. The topological polar surface area (TPSA) is 80.3 Å². The van der Waals surface area contributed by atoms with E-state index in [1.54, 1.807) is 13.8 Å². The van der Waals surface area contributed by atoms with E-state index < -0.39 is 23.3 Å². The first-order valence-corrected chi connectivity index (χ1v) is 6.82. The molecular weight excluding hydrogens is 278 g/mol. The van der Waals surface area contributed by atoms with Crippen LogP contribution in [0.25, 0.3) is 0 Å². The van der Waals surface area contributed by atoms with Gasteiger partial charge in [-0.25, -0.2) is 0 Å². The molecule has 0 unspecified atom stereocenters. The van der Waals surface area contributed by atoms with Crippen LogP contribution in [-0.2, 0) is 9.59 Å². The van der Waals surface area contributed by atoms with E-state index in [1.807, 2.05) is 0 Å². The summed E-state index contributed by atoms with van der Waals surface area (Å²) >= 11 is 0. The molecule has 0 aromatic rings. The van der Waals surface area contributed by atoms with Crippen molar-refractivity contribution in [1.82, 2.24) is 0 Å². The third-order valence-corrected chi connectivity index (χ3v) is 3.64. The van der Waals surface area contributed by atoms with Gasteiger partial charge in [0.25, 0.3) is 0 Å². The Balaban J connectivity index is -0.00000144. The maximum absolute atomic E-state index is 11.1. The Bertz CT molecular complexity index is 266. The summed E-state index contributed by atoms with van der Waals surface area (Å²) in [6.07, 6.45) is 5.98. The smallest absolute Gasteiger partial charge is 0.549 e. The molecule has 20 heavy (non-hydrogen) atoms. The summed E-state index contributed by atoms with van der Waals surface area (Å²) in [6.45, 7) is 5.29. The summed E-state index contributed by atoms with van der Waals surface area (Å²) in [5.41, 5.74) is -1.84. The van der Waals surface area contributed by atoms with Crippen LogP contribution in [0.15, 0.2) is 0 Å². The van der Waals surface area contributed by atoms with Crippen molar-refractivity contribution in [2.45, 2.75) is 65.7 Å². The minimum absolute atomic E-state index is 0. The molecule has 0 heterocycles. The molecule has 6 heteroatoms. The van der Waals surface area contributed by atoms with Gasteiger partial charge in [-0.05, 0) is 12.3 Å². The van der Waals surface area contributed by atoms with Crippen molar-refractivity contribution in [1.29, 1.82) is 0 Å². The summed E-state index contributed by atoms with van der Waals surface area (Å²) in [5.74, 6) is -3.57. The second kappa shape index (κ2) is 13.6. The first-order valence-electron chi connectivity index (χ1n) is 6.82. The van der Waals surface area contributed by atoms with Gasteiger partial charge in [-0.2, -0.15) is 0 Å². The number of rotatable bonds is 10. The van der Waals surface area contributed by atoms with Crippen LogP contribution in [0.2, 0.25) is 0 Å². The number of carbonyl (C=O) groups is 2. The molecule has 0 aliphatic carbocycles. The summed E-state index contributed by atoms with van der Waals surface area (Å²) < 4.78 is 0. The van der Waals surface area contributed by atoms with Crippen LogP contribution in [0.5, 0.6) is 0 Å². The Morgan fingerprint density at radius 1 is 0.900 bits per heavy atom. The number of aliphatic carboxylic acids is 2. The average Bonchev–Trinajstić information content (AvgIpc) is 2.26. The number of carboxylic acid groups (broad SMARTS) is 2. The minimum Gasteiger partial charge on any atom is -0.549 e. The molecule has 0 aliphatic rings. The Morgan fingerprint density at radius 3 is 1.65 bits per heavy atom. The molecule has 0 amide bonds. The van der Waals surface area contributed by atoms with Gasteiger partial charge in [-0.3, -0.25) is 0 Å². The second-order valence-corrected chi connectivity index (χ2v) is 5.22. The van der Waals surface area contributed by atoms with E-state index in [0.717, 1.165) is 32.1 Å². The molecule has 0 atom stereocenters. The molecule has 0 bridgehead atoms. The first-order chi connectivity index (χ1) is 8.39. The molecule has 0 saturated carbocycles. The van der Waals surface area contributed by atoms with E-state index in [-0.39, 0.29) is 65.5 Å². The third-order valence-electron chi connectivity index (χ3n) is 3.64. The normalized spacial score (nSPS) is 10.6. The van der Waals surface area contributed by atoms with Crippen molar-refractivity contribution in [3.05, 3.63) is 0 Å². The van der Waals surface area contributed by atoms with Crippen molar-refractivity contribution in [3.63, 3.8) is 0 Å². The van der Waals surface area contributed by atoms with E-state index >= 15 is 0 Å². The fourth-order valence-corrected chi connectivity index (χ4v) is 2.23. The molecular formula is C14H24Na2O4. The Morgan fingerprint density at radius 2 is 1.30 bits per heavy atom. The number of carbonyl (C=O) groups excluding carboxylic acids is 2. The molecule has 0 rings (SSSR count). The fourth-order valence-electron chi connectivity index (χ4n) is 2.23. The van der Waals surface area contributed by atoms with Gasteiger partial charge in [0.2, 0.25) is 0 Å². The van der Waals surface area contributed by atoms with Crippen molar-refractivity contribution < 1.29 is 78.9 Å². The molecule has 0 aromatic carbocycles. The Labute approximate surface area is 166 Å². The van der Waals surface area contributed by atoms with Gasteiger partial charge in [-0.15, -0.1) is 0 Å². The molecule has 0 aliphatic heterocycles. The predicted octanol–water partition coefficient (Wildman–Crippen LogP) is -5.11. The van der Waals surface area contributed by atoms with E-state index in [9.17, 15) is 19.8 Å². The van der Waals surface area contributed by atoms with E-state index in [4.69, 9.17) is 0 Å². The zero-order valence-electron chi connectivity index (χ0n) is 13.7. The SMILES string of the molecule is CCCCCCCCC(C(=O)[O-])(C(=O)[O-])C(C)C.[Na+].[Na+]. The van der Waals surface area contributed by atoms with Crippen molar-refractivity contribution in [3.8, 4) is 0 Å². The molecule has 0 fully saturated rings. The number of hydrogen-bond acceptors (Lipinski definition) is 4. The third kappa shape index (κ3) is 7.81. The van der Waals surface area contributed by atoms with Crippen molar-refractivity contribution in [2.75, 3.05) is 0 Å². The monoisotopic (exact) mass is 302 g/mol. The number of unbranched alkanes of at least 4 members (excludes halogenated alkanes) is 5. The molecule has 0 aromatic heterocycles. The standard InChI is InChI=1S/C14H26O4.2Na/c1-4-5-6-7-8-9-10-14(11(2)3,12(15)16)13(17)18;;/h11H,4-10H2,1-3H3,(H,15,16)(H,17,18);;/q;2*+1/p-2. The summed E-state index contributed by atoms with van der Waals surface area (Å²) in [7, 11) is 0. The van der Waals surface area contributed by atoms with Crippen molar-refractivity contribution in [2.24, 2.45) is 11.3 Å². The zero-order chi connectivity index (χ0) is 14.2. The van der Waals surface area contributed by atoms with Crippen LogP contribution < -0.4 is 69.3 Å². The molecule has 0 radical (unpaired) electrons. The quantitative estimate of drug-likeness (QED) is 0.230. The van der Waals surface area contributed by atoms with Crippen LogP contribution >= 0.6 is 0 Å². The molecule has 0 spiro atoms. The second-order valence-electron chi connectivity index (χ2n) is 5.22. The van der Waals surface area contributed by atoms with Gasteiger partial charge in [0.15, 0.2) is 0 Å².